The van der Waals surface area contributed by atoms with Gasteiger partial charge in [-0.25, -0.2) is 9.97 Å². The van der Waals surface area contributed by atoms with Crippen LogP contribution in [0.2, 0.25) is 5.02 Å². The van der Waals surface area contributed by atoms with Crippen molar-refractivity contribution >= 4 is 17.5 Å². The van der Waals surface area contributed by atoms with Crippen LogP contribution < -0.4 is 10.1 Å². The molecule has 0 bridgehead atoms. The Labute approximate surface area is 187 Å². The van der Waals surface area contributed by atoms with Gasteiger partial charge in [0.05, 0.1) is 7.11 Å². The van der Waals surface area contributed by atoms with Crippen LogP contribution in [0.1, 0.15) is 59.5 Å². The predicted octanol–water partition coefficient (Wildman–Crippen LogP) is 5.78. The highest BCUT2D eigenvalue weighted by Crippen LogP contribution is 2.35. The third-order valence-corrected chi connectivity index (χ3v) is 6.04. The number of ether oxygens (including phenoxy) is 1. The number of benzene rings is 2. The number of hydrogen-bond acceptors (Lipinski definition) is 4. The van der Waals surface area contributed by atoms with E-state index in [0.29, 0.717) is 29.1 Å². The van der Waals surface area contributed by atoms with Gasteiger partial charge in [0.25, 0.3) is 5.91 Å². The minimum absolute atomic E-state index is 0.108. The first-order chi connectivity index (χ1) is 15.1. The Balaban J connectivity index is 1.58. The molecule has 0 spiro atoms. The van der Waals surface area contributed by atoms with Crippen molar-refractivity contribution in [1.82, 2.24) is 15.3 Å². The lowest BCUT2D eigenvalue weighted by Crippen LogP contribution is -2.23. The van der Waals surface area contributed by atoms with Crippen molar-refractivity contribution in [2.45, 2.75) is 44.6 Å². The molecule has 0 atom stereocenters. The summed E-state index contributed by atoms with van der Waals surface area (Å²) in [6.45, 7) is 0.354. The minimum atomic E-state index is -0.108. The summed E-state index contributed by atoms with van der Waals surface area (Å²) in [6, 6.07) is 14.3. The molecule has 4 rings (SSSR count). The lowest BCUT2D eigenvalue weighted by molar-refractivity contribution is 0.0950. The number of nitrogens with zero attached hydrogens (tertiary/aromatic N) is 2. The van der Waals surface area contributed by atoms with Gasteiger partial charge in [-0.15, -0.1) is 0 Å². The van der Waals surface area contributed by atoms with E-state index in [-0.39, 0.29) is 5.91 Å². The van der Waals surface area contributed by atoms with E-state index in [1.165, 1.54) is 44.8 Å². The molecule has 0 radical (unpaired) electrons. The number of nitrogens with one attached hydrogen (secondary N) is 1. The quantitative estimate of drug-likeness (QED) is 0.532. The van der Waals surface area contributed by atoms with Crippen LogP contribution in [0.4, 0.5) is 0 Å². The maximum absolute atomic E-state index is 13.0. The Kier molecular flexibility index (Phi) is 6.82. The van der Waals surface area contributed by atoms with E-state index in [4.69, 9.17) is 16.3 Å². The molecule has 6 heteroatoms. The van der Waals surface area contributed by atoms with E-state index in [1.54, 1.807) is 12.4 Å². The maximum atomic E-state index is 13.0. The molecule has 5 nitrogen and oxygen atoms in total. The summed E-state index contributed by atoms with van der Waals surface area (Å²) in [5.74, 6) is 0.395. The Bertz CT molecular complexity index is 1030. The lowest BCUT2D eigenvalue weighted by atomic mass is 9.82. The van der Waals surface area contributed by atoms with E-state index in [1.807, 2.05) is 30.3 Å². The van der Waals surface area contributed by atoms with E-state index < -0.39 is 0 Å². The minimum Gasteiger partial charge on any atom is -0.467 e. The number of halogens is 1. The fraction of sp³-hybridized carbons (Fsp3) is 0.320. The number of aromatic nitrogens is 2. The first-order valence-electron chi connectivity index (χ1n) is 10.7. The van der Waals surface area contributed by atoms with Crippen molar-refractivity contribution in [3.8, 4) is 17.1 Å². The SMILES string of the molecule is COc1ncc(CNC(=O)c2cc(-c3ccc(Cl)cc3)cc(C3CCCCC3)c2)cn1. The molecule has 160 valence electrons. The molecule has 31 heavy (non-hydrogen) atoms. The normalized spacial score (nSPS) is 14.3. The summed E-state index contributed by atoms with van der Waals surface area (Å²) in [4.78, 5) is 21.2. The second-order valence-corrected chi connectivity index (χ2v) is 8.38. The molecule has 1 aliphatic rings. The first-order valence-corrected chi connectivity index (χ1v) is 11.0. The Hall–Kier alpha value is -2.92. The van der Waals surface area contributed by atoms with Crippen LogP contribution in [0.15, 0.2) is 54.9 Å². The van der Waals surface area contributed by atoms with E-state index in [2.05, 4.69) is 27.4 Å². The molecular weight excluding hydrogens is 410 g/mol. The van der Waals surface area contributed by atoms with Gasteiger partial charge in [-0.05, 0) is 59.7 Å². The Morgan fingerprint density at radius 2 is 1.74 bits per heavy atom. The van der Waals surface area contributed by atoms with Crippen molar-refractivity contribution in [2.75, 3.05) is 7.11 Å². The number of carbonyl (C=O) groups excluding carboxylic acids is 1. The van der Waals surface area contributed by atoms with Gasteiger partial charge in [0.15, 0.2) is 0 Å². The second kappa shape index (κ2) is 9.92. The Morgan fingerprint density at radius 3 is 2.42 bits per heavy atom. The number of hydrogen-bond donors (Lipinski definition) is 1. The molecule has 1 fully saturated rings. The molecule has 1 aromatic heterocycles. The monoisotopic (exact) mass is 435 g/mol. The highest BCUT2D eigenvalue weighted by Gasteiger charge is 2.19. The van der Waals surface area contributed by atoms with Crippen LogP contribution in [0.5, 0.6) is 6.01 Å². The van der Waals surface area contributed by atoms with Crippen LogP contribution >= 0.6 is 11.6 Å². The summed E-state index contributed by atoms with van der Waals surface area (Å²) < 4.78 is 4.98. The van der Waals surface area contributed by atoms with Gasteiger partial charge < -0.3 is 10.1 Å². The van der Waals surface area contributed by atoms with Gasteiger partial charge in [0.2, 0.25) is 0 Å². The average molecular weight is 436 g/mol. The maximum Gasteiger partial charge on any atom is 0.316 e. The second-order valence-electron chi connectivity index (χ2n) is 7.95. The topological polar surface area (TPSA) is 64.1 Å². The molecule has 3 aromatic rings. The van der Waals surface area contributed by atoms with Crippen molar-refractivity contribution in [1.29, 1.82) is 0 Å². The molecule has 1 N–H and O–H groups in total. The molecule has 0 unspecified atom stereocenters. The van der Waals surface area contributed by atoms with Gasteiger partial charge >= 0.3 is 6.01 Å². The standard InChI is InChI=1S/C25H26ClN3O2/c1-31-25-28-15-17(16-29-25)14-27-24(30)22-12-20(18-5-3-2-4-6-18)11-21(13-22)19-7-9-23(26)10-8-19/h7-13,15-16,18H,2-6,14H2,1H3,(H,27,30). The third-order valence-electron chi connectivity index (χ3n) is 5.79. The highest BCUT2D eigenvalue weighted by molar-refractivity contribution is 6.30. The Morgan fingerprint density at radius 1 is 1.03 bits per heavy atom. The zero-order valence-electron chi connectivity index (χ0n) is 17.6. The van der Waals surface area contributed by atoms with Crippen molar-refractivity contribution in [3.63, 3.8) is 0 Å². The fourth-order valence-electron chi connectivity index (χ4n) is 4.09. The zero-order chi connectivity index (χ0) is 21.6. The molecule has 1 aliphatic carbocycles. The molecule has 0 saturated heterocycles. The van der Waals surface area contributed by atoms with Gasteiger partial charge in [-0.3, -0.25) is 4.79 Å². The predicted molar refractivity (Wildman–Crippen MR) is 122 cm³/mol. The largest absolute Gasteiger partial charge is 0.467 e. The smallest absolute Gasteiger partial charge is 0.316 e. The van der Waals surface area contributed by atoms with Gasteiger partial charge in [0.1, 0.15) is 0 Å². The summed E-state index contributed by atoms with van der Waals surface area (Å²) in [6.07, 6.45) is 9.45. The molecule has 1 saturated carbocycles. The fourth-order valence-corrected chi connectivity index (χ4v) is 4.21. The molecular formula is C25H26ClN3O2. The summed E-state index contributed by atoms with van der Waals surface area (Å²) >= 11 is 6.07. The molecule has 2 aromatic carbocycles. The zero-order valence-corrected chi connectivity index (χ0v) is 18.4. The van der Waals surface area contributed by atoms with E-state index in [9.17, 15) is 4.79 Å². The van der Waals surface area contributed by atoms with Crippen LogP contribution in [-0.4, -0.2) is 23.0 Å². The molecule has 1 heterocycles. The number of methoxy groups -OCH3 is 1. The van der Waals surface area contributed by atoms with Crippen LogP contribution in [0.25, 0.3) is 11.1 Å². The number of rotatable bonds is 6. The highest BCUT2D eigenvalue weighted by atomic mass is 35.5. The van der Waals surface area contributed by atoms with Gasteiger partial charge in [-0.1, -0.05) is 49.1 Å². The number of carbonyl (C=O) groups is 1. The van der Waals surface area contributed by atoms with Crippen molar-refractivity contribution < 1.29 is 9.53 Å². The van der Waals surface area contributed by atoms with Crippen molar-refractivity contribution in [3.05, 3.63) is 76.6 Å². The van der Waals surface area contributed by atoms with E-state index >= 15 is 0 Å². The average Bonchev–Trinajstić information content (AvgIpc) is 2.83. The van der Waals surface area contributed by atoms with Crippen LogP contribution in [-0.2, 0) is 6.54 Å². The summed E-state index contributed by atoms with van der Waals surface area (Å²) in [5, 5.41) is 3.69. The lowest BCUT2D eigenvalue weighted by Gasteiger charge is -2.23. The van der Waals surface area contributed by atoms with Crippen molar-refractivity contribution in [2.24, 2.45) is 0 Å². The van der Waals surface area contributed by atoms with Crippen LogP contribution in [0.3, 0.4) is 0 Å². The molecule has 0 aliphatic heterocycles. The van der Waals surface area contributed by atoms with Gasteiger partial charge in [-0.2, -0.15) is 0 Å². The van der Waals surface area contributed by atoms with Gasteiger partial charge in [0, 0.05) is 35.1 Å². The summed E-state index contributed by atoms with van der Waals surface area (Å²) in [7, 11) is 1.52. The summed E-state index contributed by atoms with van der Waals surface area (Å²) in [5.41, 5.74) is 4.82. The first kappa shape index (κ1) is 21.3. The van der Waals surface area contributed by atoms with E-state index in [0.717, 1.165) is 16.7 Å². The number of amides is 1. The third kappa shape index (κ3) is 5.42. The van der Waals surface area contributed by atoms with Crippen LogP contribution in [0, 0.1) is 0 Å². The molecule has 1 amide bonds.